The molecule has 21 heavy (non-hydrogen) atoms. The monoisotopic (exact) mass is 289 g/mol. The number of anilines is 1. The second-order valence-electron chi connectivity index (χ2n) is 4.18. The maximum Gasteiger partial charge on any atom is 0.204 e. The second kappa shape index (κ2) is 6.78. The summed E-state index contributed by atoms with van der Waals surface area (Å²) < 4.78 is 16.1. The quantitative estimate of drug-likeness (QED) is 0.881. The lowest BCUT2D eigenvalue weighted by Gasteiger charge is -2.15. The molecule has 1 aromatic carbocycles. The normalized spacial score (nSPS) is 10.1. The van der Waals surface area contributed by atoms with Crippen LogP contribution in [0.2, 0.25) is 0 Å². The molecule has 0 saturated heterocycles. The first-order chi connectivity index (χ1) is 10.2. The topological polar surface area (TPSA) is 65.5 Å². The lowest BCUT2D eigenvalue weighted by molar-refractivity contribution is 0.325. The van der Waals surface area contributed by atoms with Crippen LogP contribution in [0, 0.1) is 0 Å². The molecule has 0 amide bonds. The van der Waals surface area contributed by atoms with Crippen molar-refractivity contribution >= 4 is 5.82 Å². The summed E-state index contributed by atoms with van der Waals surface area (Å²) >= 11 is 0. The molecule has 0 atom stereocenters. The van der Waals surface area contributed by atoms with Gasteiger partial charge in [-0.1, -0.05) is 0 Å². The first-order valence-electron chi connectivity index (χ1n) is 6.61. The third kappa shape index (κ3) is 2.99. The van der Waals surface area contributed by atoms with Crippen molar-refractivity contribution in [2.45, 2.75) is 6.92 Å². The molecule has 0 bridgehead atoms. The van der Waals surface area contributed by atoms with E-state index in [1.165, 1.54) is 0 Å². The first kappa shape index (κ1) is 14.9. The highest BCUT2D eigenvalue weighted by Gasteiger charge is 2.18. The van der Waals surface area contributed by atoms with E-state index in [9.17, 15) is 0 Å². The molecule has 112 valence electrons. The van der Waals surface area contributed by atoms with Gasteiger partial charge in [-0.15, -0.1) is 0 Å². The predicted molar refractivity (Wildman–Crippen MR) is 81.3 cm³/mol. The maximum atomic E-state index is 5.46. The van der Waals surface area contributed by atoms with Crippen molar-refractivity contribution in [3.63, 3.8) is 0 Å². The van der Waals surface area contributed by atoms with Crippen molar-refractivity contribution in [2.24, 2.45) is 0 Å². The summed E-state index contributed by atoms with van der Waals surface area (Å²) in [6.45, 7) is 2.80. The average molecular weight is 289 g/mol. The van der Waals surface area contributed by atoms with Crippen molar-refractivity contribution < 1.29 is 14.2 Å². The zero-order chi connectivity index (χ0) is 15.2. The van der Waals surface area contributed by atoms with Gasteiger partial charge in [-0.2, -0.15) is 0 Å². The number of ether oxygens (including phenoxy) is 3. The molecule has 0 unspecified atom stereocenters. The molecule has 0 aliphatic heterocycles. The number of benzene rings is 1. The van der Waals surface area contributed by atoms with E-state index >= 15 is 0 Å². The Labute approximate surface area is 124 Å². The highest BCUT2D eigenvalue weighted by molar-refractivity contribution is 5.72. The van der Waals surface area contributed by atoms with Crippen LogP contribution >= 0.6 is 0 Å². The van der Waals surface area contributed by atoms with Gasteiger partial charge in [-0.05, 0) is 25.1 Å². The van der Waals surface area contributed by atoms with Crippen LogP contribution in [0.3, 0.4) is 0 Å². The summed E-state index contributed by atoms with van der Waals surface area (Å²) in [5.74, 6) is 2.99. The van der Waals surface area contributed by atoms with Crippen LogP contribution in [0.1, 0.15) is 6.92 Å². The smallest absolute Gasteiger partial charge is 0.204 e. The molecule has 2 rings (SSSR count). The fourth-order valence-electron chi connectivity index (χ4n) is 2.05. The molecular weight excluding hydrogens is 270 g/mol. The minimum atomic E-state index is 0.523. The third-order valence-corrected chi connectivity index (χ3v) is 2.96. The van der Waals surface area contributed by atoms with Crippen LogP contribution in [0.4, 0.5) is 5.82 Å². The van der Waals surface area contributed by atoms with E-state index in [2.05, 4.69) is 15.3 Å². The molecule has 1 heterocycles. The number of hydrogen-bond donors (Lipinski definition) is 1. The fraction of sp³-hybridized carbons (Fsp3) is 0.333. The van der Waals surface area contributed by atoms with E-state index in [4.69, 9.17) is 14.2 Å². The molecule has 0 fully saturated rings. The van der Waals surface area contributed by atoms with E-state index in [-0.39, 0.29) is 0 Å². The summed E-state index contributed by atoms with van der Waals surface area (Å²) in [7, 11) is 4.73. The van der Waals surface area contributed by atoms with Crippen molar-refractivity contribution in [3.8, 4) is 28.6 Å². The van der Waals surface area contributed by atoms with Gasteiger partial charge in [0.1, 0.15) is 5.82 Å². The van der Waals surface area contributed by atoms with Crippen LogP contribution < -0.4 is 19.5 Å². The summed E-state index contributed by atoms with van der Waals surface area (Å²) in [5, 5.41) is 3.16. The lowest BCUT2D eigenvalue weighted by atomic mass is 10.1. The van der Waals surface area contributed by atoms with Gasteiger partial charge in [0.25, 0.3) is 0 Å². The largest absolute Gasteiger partial charge is 0.493 e. The summed E-state index contributed by atoms with van der Waals surface area (Å²) in [5.41, 5.74) is 0.745. The van der Waals surface area contributed by atoms with Crippen molar-refractivity contribution in [1.82, 2.24) is 9.97 Å². The minimum Gasteiger partial charge on any atom is -0.493 e. The molecule has 0 aliphatic rings. The number of nitrogens with zero attached hydrogens (tertiary/aromatic N) is 2. The molecule has 6 nitrogen and oxygen atoms in total. The second-order valence-corrected chi connectivity index (χ2v) is 4.18. The van der Waals surface area contributed by atoms with Crippen molar-refractivity contribution in [1.29, 1.82) is 0 Å². The first-order valence-corrected chi connectivity index (χ1v) is 6.61. The molecule has 0 saturated carbocycles. The molecule has 0 spiro atoms. The predicted octanol–water partition coefficient (Wildman–Crippen LogP) is 2.60. The Kier molecular flexibility index (Phi) is 4.81. The van der Waals surface area contributed by atoms with Gasteiger partial charge in [-0.3, -0.25) is 0 Å². The number of aromatic nitrogens is 2. The van der Waals surface area contributed by atoms with Crippen molar-refractivity contribution in [2.75, 3.05) is 33.2 Å². The minimum absolute atomic E-state index is 0.523. The van der Waals surface area contributed by atoms with E-state index in [1.807, 2.05) is 19.1 Å². The van der Waals surface area contributed by atoms with Gasteiger partial charge in [-0.25, -0.2) is 9.97 Å². The van der Waals surface area contributed by atoms with Gasteiger partial charge < -0.3 is 19.5 Å². The Morgan fingerprint density at radius 1 is 1.00 bits per heavy atom. The molecule has 0 radical (unpaired) electrons. The Morgan fingerprint density at radius 3 is 2.38 bits per heavy atom. The zero-order valence-electron chi connectivity index (χ0n) is 12.6. The van der Waals surface area contributed by atoms with Gasteiger partial charge in [0.15, 0.2) is 17.3 Å². The highest BCUT2D eigenvalue weighted by atomic mass is 16.5. The van der Waals surface area contributed by atoms with Gasteiger partial charge in [0.2, 0.25) is 5.75 Å². The van der Waals surface area contributed by atoms with Gasteiger partial charge in [0.05, 0.1) is 26.9 Å². The van der Waals surface area contributed by atoms with Crippen LogP contribution in [0.5, 0.6) is 17.2 Å². The summed E-state index contributed by atoms with van der Waals surface area (Å²) in [6, 6.07) is 5.48. The van der Waals surface area contributed by atoms with Crippen molar-refractivity contribution in [3.05, 3.63) is 24.4 Å². The van der Waals surface area contributed by atoms with Crippen LogP contribution in [0.25, 0.3) is 11.4 Å². The SMILES string of the molecule is CCNc1ccnc(-c2ccc(OC)c(OC)c2OC)n1. The molecule has 1 aromatic heterocycles. The molecular formula is C15H19N3O3. The van der Waals surface area contributed by atoms with Crippen LogP contribution in [-0.2, 0) is 0 Å². The molecule has 0 aliphatic carbocycles. The maximum absolute atomic E-state index is 5.46. The lowest BCUT2D eigenvalue weighted by Crippen LogP contribution is -2.02. The summed E-state index contributed by atoms with van der Waals surface area (Å²) in [6.07, 6.45) is 1.70. The third-order valence-electron chi connectivity index (χ3n) is 2.96. The number of hydrogen-bond acceptors (Lipinski definition) is 6. The van der Waals surface area contributed by atoms with E-state index in [0.717, 1.165) is 17.9 Å². The van der Waals surface area contributed by atoms with E-state index in [0.29, 0.717) is 23.1 Å². The highest BCUT2D eigenvalue weighted by Crippen LogP contribution is 2.43. The molecule has 6 heteroatoms. The molecule has 1 N–H and O–H groups in total. The standard InChI is InChI=1S/C15H19N3O3/c1-5-16-12-8-9-17-15(18-12)10-6-7-11(19-2)14(21-4)13(10)20-3/h6-9H,5H2,1-4H3,(H,16,17,18). The number of rotatable bonds is 6. The van der Waals surface area contributed by atoms with Gasteiger partial charge >= 0.3 is 0 Å². The van der Waals surface area contributed by atoms with Crippen LogP contribution in [-0.4, -0.2) is 37.8 Å². The number of nitrogens with one attached hydrogen (secondary N) is 1. The average Bonchev–Trinajstić information content (AvgIpc) is 2.53. The molecule has 2 aromatic rings. The van der Waals surface area contributed by atoms with Crippen LogP contribution in [0.15, 0.2) is 24.4 Å². The van der Waals surface area contributed by atoms with Gasteiger partial charge in [0, 0.05) is 12.7 Å². The zero-order valence-corrected chi connectivity index (χ0v) is 12.6. The Balaban J connectivity index is 2.55. The fourth-order valence-corrected chi connectivity index (χ4v) is 2.05. The number of methoxy groups -OCH3 is 3. The summed E-state index contributed by atoms with van der Waals surface area (Å²) in [4.78, 5) is 8.78. The Hall–Kier alpha value is -2.50. The van der Waals surface area contributed by atoms with E-state index < -0.39 is 0 Å². The Morgan fingerprint density at radius 2 is 1.76 bits per heavy atom. The van der Waals surface area contributed by atoms with E-state index in [1.54, 1.807) is 33.6 Å². The Bertz CT molecular complexity index is 617.